The molecule has 3 atom stereocenters. The van der Waals surface area contributed by atoms with E-state index >= 15 is 0 Å². The molecule has 1 aliphatic heterocycles. The SMILES string of the molecule is CN1CCC23CC(=O)C=CC2(O)C1Cc1ccc(O)c(O)c13. The topological polar surface area (TPSA) is 81.0 Å². The van der Waals surface area contributed by atoms with Gasteiger partial charge in [-0.05, 0) is 50.2 Å². The molecule has 1 saturated heterocycles. The Balaban J connectivity index is 2.06. The lowest BCUT2D eigenvalue weighted by atomic mass is 9.51. The van der Waals surface area contributed by atoms with Gasteiger partial charge in [-0.25, -0.2) is 0 Å². The molecule has 4 rings (SSSR count). The maximum Gasteiger partial charge on any atom is 0.161 e. The molecule has 3 N–H and O–H groups in total. The van der Waals surface area contributed by atoms with Crippen LogP contribution in [0.5, 0.6) is 11.5 Å². The second-order valence-electron chi connectivity index (χ2n) is 6.80. The van der Waals surface area contributed by atoms with Crippen molar-refractivity contribution in [2.75, 3.05) is 13.6 Å². The second-order valence-corrected chi connectivity index (χ2v) is 6.80. The van der Waals surface area contributed by atoms with Crippen LogP contribution in [-0.2, 0) is 16.6 Å². The van der Waals surface area contributed by atoms with Crippen LogP contribution in [0.3, 0.4) is 0 Å². The van der Waals surface area contributed by atoms with Crippen LogP contribution in [0, 0.1) is 0 Å². The van der Waals surface area contributed by atoms with Crippen LogP contribution in [0.1, 0.15) is 24.0 Å². The maximum absolute atomic E-state index is 12.1. The van der Waals surface area contributed by atoms with Gasteiger partial charge < -0.3 is 15.3 Å². The number of phenols is 2. The van der Waals surface area contributed by atoms with Gasteiger partial charge in [0.25, 0.3) is 0 Å². The fraction of sp³-hybridized carbons (Fsp3) is 0.471. The molecule has 2 bridgehead atoms. The van der Waals surface area contributed by atoms with Gasteiger partial charge in [-0.15, -0.1) is 0 Å². The van der Waals surface area contributed by atoms with Gasteiger partial charge in [-0.1, -0.05) is 6.07 Å². The molecule has 1 fully saturated rings. The number of benzene rings is 1. The average molecular weight is 301 g/mol. The number of likely N-dealkylation sites (tertiary alicyclic amines) is 1. The van der Waals surface area contributed by atoms with Crippen LogP contribution in [0.4, 0.5) is 0 Å². The summed E-state index contributed by atoms with van der Waals surface area (Å²) in [6.45, 7) is 0.739. The van der Waals surface area contributed by atoms with Gasteiger partial charge in [0.2, 0.25) is 0 Å². The number of ketones is 1. The lowest BCUT2D eigenvalue weighted by Crippen LogP contribution is -2.71. The number of hydrogen-bond acceptors (Lipinski definition) is 5. The second kappa shape index (κ2) is 4.12. The normalized spacial score (nSPS) is 36.8. The summed E-state index contributed by atoms with van der Waals surface area (Å²) in [4.78, 5) is 14.2. The van der Waals surface area contributed by atoms with E-state index in [0.717, 1.165) is 12.1 Å². The first kappa shape index (κ1) is 13.8. The summed E-state index contributed by atoms with van der Waals surface area (Å²) in [5, 5.41) is 31.8. The van der Waals surface area contributed by atoms with Crippen molar-refractivity contribution < 1.29 is 20.1 Å². The van der Waals surface area contributed by atoms with Crippen LogP contribution in [0.25, 0.3) is 0 Å². The van der Waals surface area contributed by atoms with Crippen molar-refractivity contribution in [2.45, 2.75) is 36.3 Å². The quantitative estimate of drug-likeness (QED) is 0.619. The predicted octanol–water partition coefficient (Wildman–Crippen LogP) is 0.856. The van der Waals surface area contributed by atoms with Crippen molar-refractivity contribution in [3.63, 3.8) is 0 Å². The maximum atomic E-state index is 12.1. The van der Waals surface area contributed by atoms with Crippen LogP contribution in [0.2, 0.25) is 0 Å². The molecule has 22 heavy (non-hydrogen) atoms. The first-order valence-electron chi connectivity index (χ1n) is 7.58. The van der Waals surface area contributed by atoms with Gasteiger partial charge in [0.05, 0.1) is 0 Å². The molecule has 0 spiro atoms. The molecular weight excluding hydrogens is 282 g/mol. The highest BCUT2D eigenvalue weighted by Gasteiger charge is 2.63. The lowest BCUT2D eigenvalue weighted by molar-refractivity contribution is -0.135. The Morgan fingerprint density at radius 3 is 2.86 bits per heavy atom. The minimum atomic E-state index is -1.20. The summed E-state index contributed by atoms with van der Waals surface area (Å²) < 4.78 is 0. The Kier molecular flexibility index (Phi) is 2.58. The van der Waals surface area contributed by atoms with Crippen molar-refractivity contribution >= 4 is 5.78 Å². The monoisotopic (exact) mass is 301 g/mol. The number of rotatable bonds is 0. The standard InChI is InChI=1S/C17H19NO4/c1-18-7-6-16-9-11(19)4-5-17(16,22)13(18)8-10-2-3-12(20)15(21)14(10)16/h2-5,13,20-22H,6-9H2,1H3. The van der Waals surface area contributed by atoms with E-state index in [1.54, 1.807) is 12.1 Å². The van der Waals surface area contributed by atoms with Crippen LogP contribution < -0.4 is 0 Å². The van der Waals surface area contributed by atoms with E-state index in [4.69, 9.17) is 0 Å². The zero-order valence-corrected chi connectivity index (χ0v) is 12.4. The zero-order chi connectivity index (χ0) is 15.7. The fourth-order valence-corrected chi connectivity index (χ4v) is 4.71. The third-order valence-electron chi connectivity index (χ3n) is 5.83. The molecule has 0 saturated carbocycles. The van der Waals surface area contributed by atoms with Gasteiger partial charge >= 0.3 is 0 Å². The van der Waals surface area contributed by atoms with E-state index in [2.05, 4.69) is 4.90 Å². The van der Waals surface area contributed by atoms with Crippen molar-refractivity contribution in [1.82, 2.24) is 4.90 Å². The number of allylic oxidation sites excluding steroid dienone is 1. The predicted molar refractivity (Wildman–Crippen MR) is 79.9 cm³/mol. The number of carbonyl (C=O) groups is 1. The highest BCUT2D eigenvalue weighted by atomic mass is 16.3. The number of aliphatic hydroxyl groups is 1. The van der Waals surface area contributed by atoms with Crippen molar-refractivity contribution in [3.8, 4) is 11.5 Å². The molecule has 3 unspecified atom stereocenters. The smallest absolute Gasteiger partial charge is 0.161 e. The molecule has 5 nitrogen and oxygen atoms in total. The Labute approximate surface area is 128 Å². The largest absolute Gasteiger partial charge is 0.504 e. The Morgan fingerprint density at radius 1 is 1.32 bits per heavy atom. The fourth-order valence-electron chi connectivity index (χ4n) is 4.71. The number of likely N-dealkylation sites (N-methyl/N-ethyl adjacent to an activating group) is 1. The van der Waals surface area contributed by atoms with Gasteiger partial charge in [-0.2, -0.15) is 0 Å². The molecule has 1 heterocycles. The summed E-state index contributed by atoms with van der Waals surface area (Å²) in [5.74, 6) is -0.444. The summed E-state index contributed by atoms with van der Waals surface area (Å²) >= 11 is 0. The molecule has 3 aliphatic rings. The summed E-state index contributed by atoms with van der Waals surface area (Å²) in [6, 6.07) is 3.13. The highest BCUT2D eigenvalue weighted by Crippen LogP contribution is 2.58. The summed E-state index contributed by atoms with van der Waals surface area (Å²) in [7, 11) is 1.97. The van der Waals surface area contributed by atoms with Crippen LogP contribution in [-0.4, -0.2) is 51.2 Å². The Hall–Kier alpha value is -1.85. The third kappa shape index (κ3) is 1.43. The number of carbonyl (C=O) groups excluding carboxylic acids is 1. The number of phenolic OH excluding ortho intramolecular Hbond substituents is 2. The van der Waals surface area contributed by atoms with Gasteiger partial charge in [-0.3, -0.25) is 9.69 Å². The number of aromatic hydroxyl groups is 2. The van der Waals surface area contributed by atoms with Crippen LogP contribution >= 0.6 is 0 Å². The minimum Gasteiger partial charge on any atom is -0.504 e. The molecule has 5 heteroatoms. The lowest BCUT2D eigenvalue weighted by Gasteiger charge is -2.61. The Morgan fingerprint density at radius 2 is 2.09 bits per heavy atom. The zero-order valence-electron chi connectivity index (χ0n) is 12.4. The van der Waals surface area contributed by atoms with E-state index in [0.29, 0.717) is 18.4 Å². The van der Waals surface area contributed by atoms with Gasteiger partial charge in [0.1, 0.15) is 5.60 Å². The summed E-state index contributed by atoms with van der Waals surface area (Å²) in [5.41, 5.74) is -0.602. The molecule has 116 valence electrons. The molecule has 0 radical (unpaired) electrons. The highest BCUT2D eigenvalue weighted by molar-refractivity contribution is 5.93. The Bertz CT molecular complexity index is 713. The van der Waals surface area contributed by atoms with Crippen molar-refractivity contribution in [2.24, 2.45) is 0 Å². The molecule has 2 aliphatic carbocycles. The minimum absolute atomic E-state index is 0.0522. The van der Waals surface area contributed by atoms with E-state index in [1.165, 1.54) is 12.1 Å². The van der Waals surface area contributed by atoms with Crippen molar-refractivity contribution in [1.29, 1.82) is 0 Å². The molecule has 0 amide bonds. The number of fused-ring (bicyclic) bond motifs is 1. The average Bonchev–Trinajstić information content (AvgIpc) is 2.47. The first-order valence-corrected chi connectivity index (χ1v) is 7.58. The number of nitrogens with zero attached hydrogens (tertiary/aromatic N) is 1. The summed E-state index contributed by atoms with van der Waals surface area (Å²) in [6.07, 6.45) is 4.36. The first-order chi connectivity index (χ1) is 10.4. The van der Waals surface area contributed by atoms with E-state index in [1.807, 2.05) is 7.05 Å². The van der Waals surface area contributed by atoms with Gasteiger partial charge in [0, 0.05) is 23.4 Å². The van der Waals surface area contributed by atoms with Gasteiger partial charge in [0.15, 0.2) is 17.3 Å². The number of piperidine rings is 1. The van der Waals surface area contributed by atoms with Crippen LogP contribution in [0.15, 0.2) is 24.3 Å². The third-order valence-corrected chi connectivity index (χ3v) is 5.83. The van der Waals surface area contributed by atoms with E-state index in [-0.39, 0.29) is 29.7 Å². The number of hydrogen-bond donors (Lipinski definition) is 3. The van der Waals surface area contributed by atoms with Crippen molar-refractivity contribution in [3.05, 3.63) is 35.4 Å². The van der Waals surface area contributed by atoms with E-state index < -0.39 is 11.0 Å². The molecule has 1 aromatic rings. The van der Waals surface area contributed by atoms with E-state index in [9.17, 15) is 20.1 Å². The molecule has 1 aromatic carbocycles. The molecule has 0 aromatic heterocycles. The molecular formula is C17H19NO4.